The monoisotopic (exact) mass is 266 g/mol. The molecule has 1 aromatic heterocycles. The van der Waals surface area contributed by atoms with E-state index >= 15 is 0 Å². The van der Waals surface area contributed by atoms with Crippen molar-refractivity contribution in [1.82, 2.24) is 10.3 Å². The third kappa shape index (κ3) is 2.26. The van der Waals surface area contributed by atoms with Gasteiger partial charge in [0.15, 0.2) is 0 Å². The molecule has 6 nitrogen and oxygen atoms in total. The molecule has 6 heteroatoms. The number of nitro groups is 1. The van der Waals surface area contributed by atoms with E-state index in [1.54, 1.807) is 36.8 Å². The highest BCUT2D eigenvalue weighted by atomic mass is 16.6. The zero-order chi connectivity index (χ0) is 13.9. The summed E-state index contributed by atoms with van der Waals surface area (Å²) in [6, 6.07) is 8.23. The van der Waals surface area contributed by atoms with E-state index in [4.69, 9.17) is 0 Å². The van der Waals surface area contributed by atoms with Crippen molar-refractivity contribution >= 4 is 28.5 Å². The third-order valence-corrected chi connectivity index (χ3v) is 2.87. The highest BCUT2D eigenvalue weighted by Crippen LogP contribution is 2.21. The van der Waals surface area contributed by atoms with Crippen LogP contribution in [0.5, 0.6) is 0 Å². The fourth-order valence-corrected chi connectivity index (χ4v) is 1.90. The molecule has 0 radical (unpaired) electrons. The molecule has 0 aliphatic carbocycles. The van der Waals surface area contributed by atoms with Crippen LogP contribution in [-0.4, -0.2) is 16.1 Å². The van der Waals surface area contributed by atoms with E-state index in [1.807, 2.05) is 6.07 Å². The van der Waals surface area contributed by atoms with Crippen LogP contribution in [0.4, 0.5) is 5.69 Å². The van der Waals surface area contributed by atoms with Crippen LogP contribution < -0.4 is 5.32 Å². The van der Waals surface area contributed by atoms with Gasteiger partial charge in [0.05, 0.1) is 28.0 Å². The van der Waals surface area contributed by atoms with Crippen molar-refractivity contribution < 1.29 is 4.92 Å². The highest BCUT2D eigenvalue weighted by Gasteiger charge is 2.08. The number of pyridine rings is 1. The van der Waals surface area contributed by atoms with Gasteiger partial charge in [-0.2, -0.15) is 0 Å². The van der Waals surface area contributed by atoms with E-state index in [2.05, 4.69) is 15.3 Å². The van der Waals surface area contributed by atoms with Crippen molar-refractivity contribution in [3.63, 3.8) is 0 Å². The van der Waals surface area contributed by atoms with Gasteiger partial charge in [0, 0.05) is 29.9 Å². The fraction of sp³-hybridized carbons (Fsp3) is 0. The van der Waals surface area contributed by atoms with E-state index in [0.29, 0.717) is 5.52 Å². The first-order chi connectivity index (χ1) is 9.74. The number of hydrogen-bond acceptors (Lipinski definition) is 5. The lowest BCUT2D eigenvalue weighted by Gasteiger charge is -2.06. The van der Waals surface area contributed by atoms with Crippen LogP contribution in [-0.2, 0) is 0 Å². The maximum Gasteiger partial charge on any atom is 0.270 e. The summed E-state index contributed by atoms with van der Waals surface area (Å²) in [5.74, 6) is 0. The maximum absolute atomic E-state index is 10.7. The van der Waals surface area contributed by atoms with Gasteiger partial charge in [-0.25, -0.2) is 4.98 Å². The average Bonchev–Trinajstić information content (AvgIpc) is 2.75. The molecular formula is C14H10N4O2. The zero-order valence-electron chi connectivity index (χ0n) is 10.4. The Bertz CT molecular complexity index is 778. The number of nitro benzene ring substituents is 1. The molecule has 0 saturated heterocycles. The van der Waals surface area contributed by atoms with Crippen LogP contribution in [0.3, 0.4) is 0 Å². The van der Waals surface area contributed by atoms with Gasteiger partial charge in [-0.05, 0) is 18.2 Å². The predicted molar refractivity (Wildman–Crippen MR) is 77.1 cm³/mol. The molecule has 0 spiro atoms. The molecule has 0 unspecified atom stereocenters. The molecule has 1 aliphatic rings. The van der Waals surface area contributed by atoms with Crippen molar-refractivity contribution in [2.75, 3.05) is 0 Å². The summed E-state index contributed by atoms with van der Waals surface area (Å²) < 4.78 is 0. The highest BCUT2D eigenvalue weighted by molar-refractivity contribution is 5.83. The van der Waals surface area contributed by atoms with Gasteiger partial charge >= 0.3 is 0 Å². The second kappa shape index (κ2) is 4.93. The summed E-state index contributed by atoms with van der Waals surface area (Å²) in [4.78, 5) is 18.9. The molecule has 1 aliphatic heterocycles. The van der Waals surface area contributed by atoms with E-state index in [0.717, 1.165) is 16.8 Å². The van der Waals surface area contributed by atoms with Gasteiger partial charge in [-0.15, -0.1) is 0 Å². The first-order valence-electron chi connectivity index (χ1n) is 5.95. The Hall–Kier alpha value is -3.02. The molecule has 0 fully saturated rings. The van der Waals surface area contributed by atoms with Crippen molar-refractivity contribution in [2.45, 2.75) is 0 Å². The number of non-ortho nitro benzene ring substituents is 1. The maximum atomic E-state index is 10.7. The van der Waals surface area contributed by atoms with Crippen LogP contribution in [0.15, 0.2) is 53.8 Å². The Morgan fingerprint density at radius 1 is 1.20 bits per heavy atom. The third-order valence-electron chi connectivity index (χ3n) is 2.87. The summed E-state index contributed by atoms with van der Waals surface area (Å²) >= 11 is 0. The number of aromatic nitrogens is 1. The molecular weight excluding hydrogens is 256 g/mol. The number of allylic oxidation sites excluding steroid dienone is 1. The van der Waals surface area contributed by atoms with Crippen LogP contribution in [0.1, 0.15) is 5.69 Å². The lowest BCUT2D eigenvalue weighted by atomic mass is 10.1. The minimum Gasteiger partial charge on any atom is -0.359 e. The van der Waals surface area contributed by atoms with E-state index in [1.165, 1.54) is 12.1 Å². The van der Waals surface area contributed by atoms with Gasteiger partial charge in [0.2, 0.25) is 0 Å². The smallest absolute Gasteiger partial charge is 0.270 e. The zero-order valence-corrected chi connectivity index (χ0v) is 10.4. The van der Waals surface area contributed by atoms with Crippen LogP contribution in [0.25, 0.3) is 16.6 Å². The topological polar surface area (TPSA) is 80.4 Å². The van der Waals surface area contributed by atoms with Gasteiger partial charge < -0.3 is 5.32 Å². The molecule has 2 heterocycles. The Kier molecular flexibility index (Phi) is 2.96. The lowest BCUT2D eigenvalue weighted by molar-refractivity contribution is -0.384. The van der Waals surface area contributed by atoms with Gasteiger partial charge in [-0.1, -0.05) is 6.07 Å². The Morgan fingerprint density at radius 3 is 2.95 bits per heavy atom. The Balaban J connectivity index is 2.05. The summed E-state index contributed by atoms with van der Waals surface area (Å²) in [6.45, 7) is 0. The van der Waals surface area contributed by atoms with Crippen molar-refractivity contribution in [3.8, 4) is 0 Å². The Morgan fingerprint density at radius 2 is 2.10 bits per heavy atom. The molecule has 3 rings (SSSR count). The SMILES string of the molecule is O=[N+]([O-])c1ccc2nc(C3=CN=CC=CN3)ccc2c1. The molecule has 2 aromatic rings. The summed E-state index contributed by atoms with van der Waals surface area (Å²) in [7, 11) is 0. The van der Waals surface area contributed by atoms with Gasteiger partial charge in [0.1, 0.15) is 0 Å². The molecule has 98 valence electrons. The van der Waals surface area contributed by atoms with E-state index in [-0.39, 0.29) is 5.69 Å². The summed E-state index contributed by atoms with van der Waals surface area (Å²) in [5.41, 5.74) is 2.27. The van der Waals surface area contributed by atoms with Crippen LogP contribution >= 0.6 is 0 Å². The van der Waals surface area contributed by atoms with Crippen molar-refractivity contribution in [3.05, 3.63) is 64.6 Å². The van der Waals surface area contributed by atoms with Crippen molar-refractivity contribution in [2.24, 2.45) is 4.99 Å². The first-order valence-corrected chi connectivity index (χ1v) is 5.95. The standard InChI is InChI=1S/C14H10N4O2/c19-18(20)11-3-5-12-10(8-11)2-4-13(17-12)14-9-15-6-1-7-16-14/h1-9,16H. The molecule has 0 atom stereocenters. The number of rotatable bonds is 2. The number of benzene rings is 1. The molecule has 20 heavy (non-hydrogen) atoms. The minimum atomic E-state index is -0.414. The molecule has 1 N–H and O–H groups in total. The fourth-order valence-electron chi connectivity index (χ4n) is 1.90. The first kappa shape index (κ1) is 12.0. The quantitative estimate of drug-likeness (QED) is 0.669. The second-order valence-electron chi connectivity index (χ2n) is 4.17. The number of fused-ring (bicyclic) bond motifs is 1. The van der Waals surface area contributed by atoms with Crippen LogP contribution in [0, 0.1) is 10.1 Å². The van der Waals surface area contributed by atoms with Gasteiger partial charge in [0.25, 0.3) is 5.69 Å². The lowest BCUT2D eigenvalue weighted by Crippen LogP contribution is -2.04. The number of hydrogen-bond donors (Lipinski definition) is 1. The van der Waals surface area contributed by atoms with E-state index in [9.17, 15) is 10.1 Å². The summed E-state index contributed by atoms with van der Waals surface area (Å²) in [6.07, 6.45) is 6.90. The molecule has 0 amide bonds. The second-order valence-corrected chi connectivity index (χ2v) is 4.17. The van der Waals surface area contributed by atoms with Gasteiger partial charge in [-0.3, -0.25) is 15.1 Å². The normalized spacial score (nSPS) is 13.7. The van der Waals surface area contributed by atoms with Crippen molar-refractivity contribution in [1.29, 1.82) is 0 Å². The average molecular weight is 266 g/mol. The Labute approximate surface area is 114 Å². The molecule has 0 bridgehead atoms. The molecule has 1 aromatic carbocycles. The summed E-state index contributed by atoms with van der Waals surface area (Å²) in [5, 5.41) is 14.5. The van der Waals surface area contributed by atoms with E-state index < -0.39 is 4.92 Å². The number of aliphatic imine (C=N–C) groups is 1. The van der Waals surface area contributed by atoms with Crippen LogP contribution in [0.2, 0.25) is 0 Å². The number of nitrogens with one attached hydrogen (secondary N) is 1. The minimum absolute atomic E-state index is 0.0615. The largest absolute Gasteiger partial charge is 0.359 e. The number of nitrogens with zero attached hydrogens (tertiary/aromatic N) is 3. The predicted octanol–water partition coefficient (Wildman–Crippen LogP) is 2.63. The molecule has 0 saturated carbocycles.